The van der Waals surface area contributed by atoms with Crippen LogP contribution in [0.25, 0.3) is 11.0 Å². The van der Waals surface area contributed by atoms with Crippen LogP contribution in [0.3, 0.4) is 0 Å². The molecule has 0 saturated carbocycles. The molecular weight excluding hydrogens is 262 g/mol. The normalized spacial score (nSPS) is 12.2. The molecule has 0 aliphatic heterocycles. The van der Waals surface area contributed by atoms with Gasteiger partial charge >= 0.3 is 0 Å². The first-order valence-electron chi connectivity index (χ1n) is 6.23. The third-order valence-electron chi connectivity index (χ3n) is 3.74. The zero-order chi connectivity index (χ0) is 13.2. The molecule has 0 bridgehead atoms. The lowest BCUT2D eigenvalue weighted by atomic mass is 10.0. The highest BCUT2D eigenvalue weighted by molar-refractivity contribution is 8.00. The number of H-pyrrole nitrogens is 1. The topological polar surface area (TPSA) is 33.6 Å². The maximum Gasteiger partial charge on any atom is 0.178 e. The molecule has 1 N–H and O–H groups in total. The molecule has 0 fully saturated rings. The Labute approximate surface area is 117 Å². The fourth-order valence-corrected chi connectivity index (χ4v) is 3.39. The van der Waals surface area contributed by atoms with Gasteiger partial charge in [-0.3, -0.25) is 4.98 Å². The SMILES string of the molecule is CCC(CC)(Cn1c(=S)[nH]c2cnccc21)SC. The third-order valence-corrected chi connectivity index (χ3v) is 5.64. The lowest BCUT2D eigenvalue weighted by Gasteiger charge is -2.30. The largest absolute Gasteiger partial charge is 0.329 e. The number of imidazole rings is 1. The van der Waals surface area contributed by atoms with Gasteiger partial charge in [0.1, 0.15) is 0 Å². The number of nitrogens with one attached hydrogen (secondary N) is 1. The monoisotopic (exact) mass is 281 g/mol. The molecular formula is C13H19N3S2. The number of pyridine rings is 1. The molecule has 5 heteroatoms. The van der Waals surface area contributed by atoms with E-state index < -0.39 is 0 Å². The maximum absolute atomic E-state index is 5.44. The minimum Gasteiger partial charge on any atom is -0.329 e. The van der Waals surface area contributed by atoms with Crippen LogP contribution in [0.5, 0.6) is 0 Å². The molecule has 98 valence electrons. The Hall–Kier alpha value is -0.810. The van der Waals surface area contributed by atoms with Gasteiger partial charge < -0.3 is 9.55 Å². The smallest absolute Gasteiger partial charge is 0.178 e. The minimum absolute atomic E-state index is 0.261. The standard InChI is InChI=1S/C13H19N3S2/c1-4-13(5-2,18-3)9-16-11-6-7-14-8-10(11)15-12(16)17/h6-8H,4-5,9H2,1-3H3,(H,15,17). The molecule has 2 heterocycles. The molecule has 0 radical (unpaired) electrons. The first-order chi connectivity index (χ1) is 8.65. The highest BCUT2D eigenvalue weighted by Crippen LogP contribution is 2.33. The van der Waals surface area contributed by atoms with Crippen molar-refractivity contribution in [1.29, 1.82) is 0 Å². The number of aromatic nitrogens is 3. The van der Waals surface area contributed by atoms with Crippen molar-refractivity contribution in [3.63, 3.8) is 0 Å². The number of rotatable bonds is 5. The fraction of sp³-hybridized carbons (Fsp3) is 0.538. The summed E-state index contributed by atoms with van der Waals surface area (Å²) in [5.41, 5.74) is 2.17. The molecule has 18 heavy (non-hydrogen) atoms. The van der Waals surface area contributed by atoms with Gasteiger partial charge in [-0.2, -0.15) is 11.8 Å². The van der Waals surface area contributed by atoms with Gasteiger partial charge in [0.2, 0.25) is 0 Å². The Balaban J connectivity index is 2.48. The van der Waals surface area contributed by atoms with Crippen LogP contribution in [-0.4, -0.2) is 25.5 Å². The Morgan fingerprint density at radius 3 is 2.78 bits per heavy atom. The van der Waals surface area contributed by atoms with E-state index in [4.69, 9.17) is 12.2 Å². The summed E-state index contributed by atoms with van der Waals surface area (Å²) in [6, 6.07) is 2.03. The van der Waals surface area contributed by atoms with Crippen LogP contribution in [0.4, 0.5) is 0 Å². The van der Waals surface area contributed by atoms with E-state index in [1.54, 1.807) is 0 Å². The molecule has 0 saturated heterocycles. The lowest BCUT2D eigenvalue weighted by molar-refractivity contribution is 0.470. The van der Waals surface area contributed by atoms with Gasteiger partial charge in [0.05, 0.1) is 17.2 Å². The summed E-state index contributed by atoms with van der Waals surface area (Å²) in [6.07, 6.45) is 8.13. The van der Waals surface area contributed by atoms with E-state index in [0.29, 0.717) is 0 Å². The van der Waals surface area contributed by atoms with Gasteiger partial charge in [0.15, 0.2) is 4.77 Å². The quantitative estimate of drug-likeness (QED) is 0.841. The molecule has 0 aromatic carbocycles. The minimum atomic E-state index is 0.261. The van der Waals surface area contributed by atoms with Crippen molar-refractivity contribution < 1.29 is 0 Å². The van der Waals surface area contributed by atoms with Crippen LogP contribution >= 0.6 is 24.0 Å². The van der Waals surface area contributed by atoms with Crippen molar-refractivity contribution in [3.8, 4) is 0 Å². The van der Waals surface area contributed by atoms with Gasteiger partial charge in [0, 0.05) is 17.5 Å². The van der Waals surface area contributed by atoms with E-state index in [1.807, 2.05) is 30.2 Å². The van der Waals surface area contributed by atoms with E-state index in [0.717, 1.165) is 35.2 Å². The van der Waals surface area contributed by atoms with Crippen LogP contribution in [0, 0.1) is 4.77 Å². The van der Waals surface area contributed by atoms with E-state index >= 15 is 0 Å². The summed E-state index contributed by atoms with van der Waals surface area (Å²) >= 11 is 7.37. The molecule has 2 aromatic heterocycles. The molecule has 2 rings (SSSR count). The van der Waals surface area contributed by atoms with E-state index in [9.17, 15) is 0 Å². The number of aromatic amines is 1. The Morgan fingerprint density at radius 2 is 2.17 bits per heavy atom. The second-order valence-electron chi connectivity index (χ2n) is 4.50. The Bertz CT molecular complexity index is 573. The van der Waals surface area contributed by atoms with Crippen LogP contribution in [0.2, 0.25) is 0 Å². The summed E-state index contributed by atoms with van der Waals surface area (Å²) in [4.78, 5) is 7.36. The third kappa shape index (κ3) is 2.34. The predicted molar refractivity (Wildman–Crippen MR) is 81.7 cm³/mol. The number of hydrogen-bond donors (Lipinski definition) is 1. The molecule has 0 aliphatic carbocycles. The van der Waals surface area contributed by atoms with Crippen LogP contribution in [0.1, 0.15) is 26.7 Å². The van der Waals surface area contributed by atoms with Crippen molar-refractivity contribution in [2.45, 2.75) is 38.0 Å². The number of hydrogen-bond acceptors (Lipinski definition) is 3. The highest BCUT2D eigenvalue weighted by Gasteiger charge is 2.26. The van der Waals surface area contributed by atoms with Crippen molar-refractivity contribution in [3.05, 3.63) is 23.2 Å². The first-order valence-corrected chi connectivity index (χ1v) is 7.86. The lowest BCUT2D eigenvalue weighted by Crippen LogP contribution is -2.29. The zero-order valence-corrected chi connectivity index (χ0v) is 12.7. The van der Waals surface area contributed by atoms with Gasteiger partial charge in [0.25, 0.3) is 0 Å². The van der Waals surface area contributed by atoms with Crippen molar-refractivity contribution in [2.24, 2.45) is 0 Å². The fourth-order valence-electron chi connectivity index (χ4n) is 2.28. The van der Waals surface area contributed by atoms with E-state index in [-0.39, 0.29) is 4.75 Å². The molecule has 2 aromatic rings. The number of thioether (sulfide) groups is 1. The highest BCUT2D eigenvalue weighted by atomic mass is 32.2. The average Bonchev–Trinajstić information content (AvgIpc) is 2.72. The van der Waals surface area contributed by atoms with Crippen LogP contribution in [-0.2, 0) is 6.54 Å². The van der Waals surface area contributed by atoms with Crippen LogP contribution < -0.4 is 0 Å². The zero-order valence-electron chi connectivity index (χ0n) is 11.1. The van der Waals surface area contributed by atoms with Crippen molar-refractivity contribution in [2.75, 3.05) is 6.26 Å². The number of fused-ring (bicyclic) bond motifs is 1. The summed E-state index contributed by atoms with van der Waals surface area (Å²) < 4.78 is 3.25. The second kappa shape index (κ2) is 5.45. The van der Waals surface area contributed by atoms with Crippen LogP contribution in [0.15, 0.2) is 18.5 Å². The summed E-state index contributed by atoms with van der Waals surface area (Å²) in [5.74, 6) is 0. The van der Waals surface area contributed by atoms with Crippen molar-refractivity contribution in [1.82, 2.24) is 14.5 Å². The summed E-state index contributed by atoms with van der Waals surface area (Å²) in [7, 11) is 0. The average molecular weight is 281 g/mol. The van der Waals surface area contributed by atoms with Gasteiger partial charge in [-0.25, -0.2) is 0 Å². The molecule has 0 atom stereocenters. The van der Waals surface area contributed by atoms with Gasteiger partial charge in [-0.15, -0.1) is 0 Å². The second-order valence-corrected chi connectivity index (χ2v) is 6.16. The van der Waals surface area contributed by atoms with Gasteiger partial charge in [-0.1, -0.05) is 13.8 Å². The predicted octanol–water partition coefficient (Wildman–Crippen LogP) is 4.02. The molecule has 0 spiro atoms. The Morgan fingerprint density at radius 1 is 1.44 bits per heavy atom. The maximum atomic E-state index is 5.44. The molecule has 3 nitrogen and oxygen atoms in total. The van der Waals surface area contributed by atoms with E-state index in [2.05, 4.69) is 34.6 Å². The summed E-state index contributed by atoms with van der Waals surface area (Å²) in [6.45, 7) is 5.45. The first kappa shape index (κ1) is 13.6. The molecule has 0 amide bonds. The molecule has 0 aliphatic rings. The molecule has 0 unspecified atom stereocenters. The van der Waals surface area contributed by atoms with Crippen molar-refractivity contribution >= 4 is 35.0 Å². The van der Waals surface area contributed by atoms with E-state index in [1.165, 1.54) is 0 Å². The summed E-state index contributed by atoms with van der Waals surface area (Å²) in [5, 5.41) is 0. The number of nitrogens with zero attached hydrogens (tertiary/aromatic N) is 2. The Kier molecular flexibility index (Phi) is 4.12. The van der Waals surface area contributed by atoms with Gasteiger partial charge in [-0.05, 0) is 37.4 Å².